The number of aliphatic imine (C=N–C) groups is 2. The minimum atomic E-state index is -0.222. The summed E-state index contributed by atoms with van der Waals surface area (Å²) in [6.45, 7) is 5.71. The Balaban J connectivity index is 1.87. The topological polar surface area (TPSA) is 54.3 Å². The van der Waals surface area contributed by atoms with Crippen LogP contribution in [0.3, 0.4) is 0 Å². The highest BCUT2D eigenvalue weighted by Gasteiger charge is 2.35. The van der Waals surface area contributed by atoms with E-state index in [9.17, 15) is 4.79 Å². The first-order valence-corrected chi connectivity index (χ1v) is 7.72. The van der Waals surface area contributed by atoms with Gasteiger partial charge >= 0.3 is 5.97 Å². The summed E-state index contributed by atoms with van der Waals surface area (Å²) in [7, 11) is 0. The molecule has 3 rings (SSSR count). The molecule has 0 aromatic carbocycles. The van der Waals surface area contributed by atoms with Crippen LogP contribution in [0.2, 0.25) is 0 Å². The van der Waals surface area contributed by atoms with Crippen LogP contribution in [0, 0.1) is 5.92 Å². The van der Waals surface area contributed by atoms with Gasteiger partial charge in [0.1, 0.15) is 0 Å². The Hall–Kier alpha value is -1.91. The number of fused-ring (bicyclic) bond motifs is 1. The number of esters is 1. The Morgan fingerprint density at radius 1 is 1.48 bits per heavy atom. The second-order valence-corrected chi connectivity index (χ2v) is 5.41. The summed E-state index contributed by atoms with van der Waals surface area (Å²) in [5, 5.41) is 0. The van der Waals surface area contributed by atoms with Crippen LogP contribution in [0.25, 0.3) is 0 Å². The van der Waals surface area contributed by atoms with Crippen LogP contribution >= 0.6 is 0 Å². The lowest BCUT2D eigenvalue weighted by molar-refractivity contribution is -0.138. The largest absolute Gasteiger partial charge is 0.463 e. The van der Waals surface area contributed by atoms with E-state index in [1.807, 2.05) is 13.1 Å². The Kier molecular flexibility index (Phi) is 3.90. The molecule has 3 aliphatic heterocycles. The maximum absolute atomic E-state index is 12.1. The van der Waals surface area contributed by atoms with Gasteiger partial charge in [0.2, 0.25) is 0 Å². The average molecular weight is 287 g/mol. The second-order valence-electron chi connectivity index (χ2n) is 5.41. The monoisotopic (exact) mass is 287 g/mol. The average Bonchev–Trinajstić information content (AvgIpc) is 3.15. The van der Waals surface area contributed by atoms with Gasteiger partial charge < -0.3 is 9.64 Å². The molecule has 0 aliphatic carbocycles. The second kappa shape index (κ2) is 5.84. The molecule has 1 atom stereocenters. The fourth-order valence-electron chi connectivity index (χ4n) is 3.14. The molecule has 5 heteroatoms. The van der Waals surface area contributed by atoms with Crippen molar-refractivity contribution in [2.24, 2.45) is 15.9 Å². The number of amidine groups is 1. The van der Waals surface area contributed by atoms with Crippen molar-refractivity contribution < 1.29 is 9.53 Å². The maximum Gasteiger partial charge on any atom is 0.337 e. The lowest BCUT2D eigenvalue weighted by Gasteiger charge is -2.29. The smallest absolute Gasteiger partial charge is 0.337 e. The fourth-order valence-corrected chi connectivity index (χ4v) is 3.14. The third kappa shape index (κ3) is 2.41. The molecule has 21 heavy (non-hydrogen) atoms. The zero-order valence-corrected chi connectivity index (χ0v) is 12.6. The molecule has 0 bridgehead atoms. The minimum Gasteiger partial charge on any atom is -0.463 e. The van der Waals surface area contributed by atoms with E-state index in [-0.39, 0.29) is 5.97 Å². The van der Waals surface area contributed by atoms with Gasteiger partial charge in [0.15, 0.2) is 5.84 Å². The normalized spacial score (nSPS) is 24.1. The molecule has 0 N–H and O–H groups in total. The molecule has 0 spiro atoms. The predicted molar refractivity (Wildman–Crippen MR) is 82.3 cm³/mol. The number of allylic oxidation sites excluding steroid dienone is 2. The van der Waals surface area contributed by atoms with E-state index in [0.29, 0.717) is 19.1 Å². The summed E-state index contributed by atoms with van der Waals surface area (Å²) in [6.07, 6.45) is 6.98. The minimum absolute atomic E-state index is 0.222. The third-order valence-corrected chi connectivity index (χ3v) is 4.19. The molecule has 0 aromatic heterocycles. The molecular weight excluding hydrogens is 266 g/mol. The number of hydrogen-bond acceptors (Lipinski definition) is 5. The standard InChI is InChI=1S/C16H21N3O2/c1-3-11-7-8-17-14(11)15-18-10-12(16(20)21-4-2)13-6-5-9-19(13)15/h7-8,11H,3-6,9-10H2,1-2H3. The number of nitrogens with zero attached hydrogens (tertiary/aromatic N) is 3. The van der Waals surface area contributed by atoms with Crippen molar-refractivity contribution >= 4 is 17.5 Å². The van der Waals surface area contributed by atoms with E-state index in [4.69, 9.17) is 4.74 Å². The van der Waals surface area contributed by atoms with E-state index in [0.717, 1.165) is 48.6 Å². The van der Waals surface area contributed by atoms with Crippen molar-refractivity contribution in [3.8, 4) is 0 Å². The molecule has 5 nitrogen and oxygen atoms in total. The Labute approximate surface area is 125 Å². The van der Waals surface area contributed by atoms with E-state index >= 15 is 0 Å². The van der Waals surface area contributed by atoms with Gasteiger partial charge in [0.25, 0.3) is 0 Å². The number of carbonyl (C=O) groups is 1. The molecule has 112 valence electrons. The van der Waals surface area contributed by atoms with E-state index in [2.05, 4.69) is 27.9 Å². The van der Waals surface area contributed by atoms with Crippen LogP contribution in [0.5, 0.6) is 0 Å². The number of ether oxygens (including phenoxy) is 1. The molecule has 1 unspecified atom stereocenters. The summed E-state index contributed by atoms with van der Waals surface area (Å²) in [5.74, 6) is 1.07. The van der Waals surface area contributed by atoms with Crippen molar-refractivity contribution in [1.82, 2.24) is 4.90 Å². The number of rotatable bonds is 4. The van der Waals surface area contributed by atoms with Gasteiger partial charge in [-0.05, 0) is 26.2 Å². The van der Waals surface area contributed by atoms with Crippen LogP contribution in [-0.4, -0.2) is 42.1 Å². The van der Waals surface area contributed by atoms with Gasteiger partial charge in [0, 0.05) is 24.4 Å². The maximum atomic E-state index is 12.1. The van der Waals surface area contributed by atoms with Crippen molar-refractivity contribution in [2.75, 3.05) is 19.7 Å². The first-order valence-electron chi connectivity index (χ1n) is 7.72. The molecule has 0 radical (unpaired) electrons. The predicted octanol–water partition coefficient (Wildman–Crippen LogP) is 2.31. The molecule has 0 aromatic rings. The quantitative estimate of drug-likeness (QED) is 0.746. The van der Waals surface area contributed by atoms with Crippen LogP contribution in [0.1, 0.15) is 33.1 Å². The molecule has 1 fully saturated rings. The van der Waals surface area contributed by atoms with E-state index in [1.165, 1.54) is 0 Å². The van der Waals surface area contributed by atoms with Crippen LogP contribution in [0.15, 0.2) is 33.5 Å². The van der Waals surface area contributed by atoms with E-state index < -0.39 is 0 Å². The van der Waals surface area contributed by atoms with Crippen molar-refractivity contribution in [2.45, 2.75) is 33.1 Å². The first kappa shape index (κ1) is 14.0. The van der Waals surface area contributed by atoms with Gasteiger partial charge in [-0.25, -0.2) is 4.79 Å². The number of carbonyl (C=O) groups excluding carboxylic acids is 1. The molecule has 0 saturated carbocycles. The molecule has 1 saturated heterocycles. The van der Waals surface area contributed by atoms with Crippen LogP contribution < -0.4 is 0 Å². The van der Waals surface area contributed by atoms with Crippen LogP contribution in [-0.2, 0) is 9.53 Å². The van der Waals surface area contributed by atoms with Gasteiger partial charge in [0.05, 0.1) is 24.4 Å². The molecular formula is C16H21N3O2. The highest BCUT2D eigenvalue weighted by atomic mass is 16.5. The Morgan fingerprint density at radius 3 is 3.10 bits per heavy atom. The van der Waals surface area contributed by atoms with Gasteiger partial charge in [-0.3, -0.25) is 9.98 Å². The lowest BCUT2D eigenvalue weighted by atomic mass is 9.99. The first-order chi connectivity index (χ1) is 10.3. The number of hydrogen-bond donors (Lipinski definition) is 0. The zero-order valence-electron chi connectivity index (χ0n) is 12.6. The summed E-state index contributed by atoms with van der Waals surface area (Å²) in [4.78, 5) is 23.4. The van der Waals surface area contributed by atoms with Crippen molar-refractivity contribution in [1.29, 1.82) is 0 Å². The van der Waals surface area contributed by atoms with Gasteiger partial charge in [-0.15, -0.1) is 0 Å². The Bertz CT molecular complexity index is 572. The summed E-state index contributed by atoms with van der Waals surface area (Å²) in [6, 6.07) is 0. The molecule has 0 amide bonds. The molecule has 3 heterocycles. The Morgan fingerprint density at radius 2 is 2.33 bits per heavy atom. The van der Waals surface area contributed by atoms with Gasteiger partial charge in [-0.2, -0.15) is 0 Å². The molecule has 3 aliphatic rings. The zero-order chi connectivity index (χ0) is 14.8. The lowest BCUT2D eigenvalue weighted by Crippen LogP contribution is -2.40. The third-order valence-electron chi connectivity index (χ3n) is 4.19. The van der Waals surface area contributed by atoms with Crippen molar-refractivity contribution in [3.05, 3.63) is 23.5 Å². The van der Waals surface area contributed by atoms with Crippen molar-refractivity contribution in [3.63, 3.8) is 0 Å². The summed E-state index contributed by atoms with van der Waals surface area (Å²) >= 11 is 0. The fraction of sp³-hybridized carbons (Fsp3) is 0.562. The van der Waals surface area contributed by atoms with Crippen LogP contribution in [0.4, 0.5) is 0 Å². The summed E-state index contributed by atoms with van der Waals surface area (Å²) < 4.78 is 5.16. The highest BCUT2D eigenvalue weighted by molar-refractivity contribution is 6.43. The van der Waals surface area contributed by atoms with E-state index in [1.54, 1.807) is 0 Å². The SMILES string of the molecule is CCOC(=O)C1=C2CCCN2C(C2=NC=CC2CC)=NC1. The van der Waals surface area contributed by atoms with Gasteiger partial charge in [-0.1, -0.05) is 13.0 Å². The summed E-state index contributed by atoms with van der Waals surface area (Å²) in [5.41, 5.74) is 2.85. The highest BCUT2D eigenvalue weighted by Crippen LogP contribution is 2.31.